The molecule has 0 bridgehead atoms. The van der Waals surface area contributed by atoms with Crippen molar-refractivity contribution in [1.29, 1.82) is 0 Å². The summed E-state index contributed by atoms with van der Waals surface area (Å²) in [5.74, 6) is -1.08. The fourth-order valence-electron chi connectivity index (χ4n) is 1.56. The number of nitro benzene ring substituents is 1. The zero-order valence-corrected chi connectivity index (χ0v) is 10.6. The van der Waals surface area contributed by atoms with Crippen molar-refractivity contribution in [1.82, 2.24) is 0 Å². The molecule has 1 rings (SSSR count). The van der Waals surface area contributed by atoms with Crippen LogP contribution in [0, 0.1) is 15.9 Å². The molecule has 19 heavy (non-hydrogen) atoms. The molecule has 0 aliphatic rings. The summed E-state index contributed by atoms with van der Waals surface area (Å²) in [6, 6.07) is 2.97. The van der Waals surface area contributed by atoms with Gasteiger partial charge in [-0.15, -0.1) is 0 Å². The molecule has 6 nitrogen and oxygen atoms in total. The van der Waals surface area contributed by atoms with E-state index in [4.69, 9.17) is 5.73 Å². The van der Waals surface area contributed by atoms with Gasteiger partial charge in [0.15, 0.2) is 0 Å². The first kappa shape index (κ1) is 15.0. The quantitative estimate of drug-likeness (QED) is 0.610. The standard InChI is InChI=1S/C12H16FN3O3/c1-8(14)3-2-4-12(17)15-10-5-9(13)6-11(7-10)16(18)19/h5-8H,2-4,14H2,1H3,(H,15,17). The summed E-state index contributed by atoms with van der Waals surface area (Å²) in [4.78, 5) is 21.4. The topological polar surface area (TPSA) is 98.3 Å². The Balaban J connectivity index is 2.61. The highest BCUT2D eigenvalue weighted by Gasteiger charge is 2.11. The lowest BCUT2D eigenvalue weighted by Crippen LogP contribution is -2.16. The average Bonchev–Trinajstić information content (AvgIpc) is 2.27. The number of hydrogen-bond donors (Lipinski definition) is 2. The van der Waals surface area contributed by atoms with Crippen LogP contribution in [-0.2, 0) is 4.79 Å². The van der Waals surface area contributed by atoms with Crippen molar-refractivity contribution >= 4 is 17.3 Å². The van der Waals surface area contributed by atoms with Gasteiger partial charge in [0.2, 0.25) is 5.91 Å². The summed E-state index contributed by atoms with van der Waals surface area (Å²) in [6.07, 6.45) is 1.56. The maximum Gasteiger partial charge on any atom is 0.274 e. The molecule has 7 heteroatoms. The second-order valence-electron chi connectivity index (χ2n) is 4.37. The van der Waals surface area contributed by atoms with E-state index in [1.807, 2.05) is 6.92 Å². The molecule has 1 atom stereocenters. The van der Waals surface area contributed by atoms with Gasteiger partial charge in [0.25, 0.3) is 5.69 Å². The van der Waals surface area contributed by atoms with Gasteiger partial charge in [-0.2, -0.15) is 0 Å². The zero-order chi connectivity index (χ0) is 14.4. The molecular formula is C12H16FN3O3. The number of carbonyl (C=O) groups excluding carboxylic acids is 1. The fourth-order valence-corrected chi connectivity index (χ4v) is 1.56. The van der Waals surface area contributed by atoms with Gasteiger partial charge < -0.3 is 11.1 Å². The molecule has 1 aromatic carbocycles. The molecular weight excluding hydrogens is 253 g/mol. The number of nitrogens with one attached hydrogen (secondary N) is 1. The van der Waals surface area contributed by atoms with Crippen molar-refractivity contribution in [3.05, 3.63) is 34.1 Å². The predicted octanol–water partition coefficient (Wildman–Crippen LogP) is 2.19. The van der Waals surface area contributed by atoms with Gasteiger partial charge in [-0.25, -0.2) is 4.39 Å². The Hall–Kier alpha value is -2.02. The Morgan fingerprint density at radius 3 is 2.79 bits per heavy atom. The number of amides is 1. The molecule has 0 spiro atoms. The van der Waals surface area contributed by atoms with E-state index in [0.29, 0.717) is 12.8 Å². The molecule has 1 amide bonds. The van der Waals surface area contributed by atoms with Gasteiger partial charge in [-0.3, -0.25) is 14.9 Å². The molecule has 0 aliphatic heterocycles. The van der Waals surface area contributed by atoms with Crippen LogP contribution in [0.25, 0.3) is 0 Å². The first-order valence-corrected chi connectivity index (χ1v) is 5.89. The highest BCUT2D eigenvalue weighted by atomic mass is 19.1. The van der Waals surface area contributed by atoms with Crippen LogP contribution in [0.15, 0.2) is 18.2 Å². The van der Waals surface area contributed by atoms with Crippen LogP contribution >= 0.6 is 0 Å². The van der Waals surface area contributed by atoms with Crippen molar-refractivity contribution in [2.24, 2.45) is 5.73 Å². The molecule has 1 unspecified atom stereocenters. The van der Waals surface area contributed by atoms with Crippen LogP contribution in [0.3, 0.4) is 0 Å². The first-order valence-electron chi connectivity index (χ1n) is 5.89. The van der Waals surface area contributed by atoms with Crippen LogP contribution in [0.4, 0.5) is 15.8 Å². The Labute approximate surface area is 109 Å². The first-order chi connectivity index (χ1) is 8.88. The minimum Gasteiger partial charge on any atom is -0.328 e. The van der Waals surface area contributed by atoms with Crippen LogP contribution in [0.2, 0.25) is 0 Å². The third-order valence-electron chi connectivity index (χ3n) is 2.44. The Morgan fingerprint density at radius 2 is 2.21 bits per heavy atom. The second-order valence-corrected chi connectivity index (χ2v) is 4.37. The number of hydrogen-bond acceptors (Lipinski definition) is 4. The summed E-state index contributed by atoms with van der Waals surface area (Å²) in [6.45, 7) is 1.84. The summed E-state index contributed by atoms with van der Waals surface area (Å²) in [5.41, 5.74) is 5.23. The number of rotatable bonds is 6. The predicted molar refractivity (Wildman–Crippen MR) is 69.2 cm³/mol. The third kappa shape index (κ3) is 5.43. The van der Waals surface area contributed by atoms with Gasteiger partial charge >= 0.3 is 0 Å². The molecule has 0 fully saturated rings. The minimum absolute atomic E-state index is 0.0167. The zero-order valence-electron chi connectivity index (χ0n) is 10.6. The smallest absolute Gasteiger partial charge is 0.274 e. The maximum atomic E-state index is 13.1. The van der Waals surface area contributed by atoms with Crippen LogP contribution in [-0.4, -0.2) is 16.9 Å². The average molecular weight is 269 g/mol. The van der Waals surface area contributed by atoms with E-state index in [1.165, 1.54) is 0 Å². The van der Waals surface area contributed by atoms with E-state index in [2.05, 4.69) is 5.32 Å². The lowest BCUT2D eigenvalue weighted by atomic mass is 10.1. The van der Waals surface area contributed by atoms with E-state index in [9.17, 15) is 19.3 Å². The number of nitrogens with zero attached hydrogens (tertiary/aromatic N) is 1. The SMILES string of the molecule is CC(N)CCCC(=O)Nc1cc(F)cc([N+](=O)[O-])c1. The van der Waals surface area contributed by atoms with Crippen molar-refractivity contribution < 1.29 is 14.1 Å². The van der Waals surface area contributed by atoms with Crippen molar-refractivity contribution in [3.8, 4) is 0 Å². The minimum atomic E-state index is -0.764. The van der Waals surface area contributed by atoms with Gasteiger partial charge in [-0.05, 0) is 25.8 Å². The number of non-ortho nitro benzene ring substituents is 1. The van der Waals surface area contributed by atoms with Gasteiger partial charge in [-0.1, -0.05) is 0 Å². The Kier molecular flexibility index (Phi) is 5.37. The van der Waals surface area contributed by atoms with E-state index in [0.717, 1.165) is 18.2 Å². The fraction of sp³-hybridized carbons (Fsp3) is 0.417. The molecule has 0 saturated carbocycles. The Morgan fingerprint density at radius 1 is 1.53 bits per heavy atom. The highest BCUT2D eigenvalue weighted by molar-refractivity contribution is 5.90. The number of nitrogens with two attached hydrogens (primary N) is 1. The number of nitro groups is 1. The molecule has 1 aromatic rings. The van der Waals surface area contributed by atoms with Gasteiger partial charge in [0, 0.05) is 18.5 Å². The van der Waals surface area contributed by atoms with E-state index in [1.54, 1.807) is 0 Å². The van der Waals surface area contributed by atoms with Crippen molar-refractivity contribution in [3.63, 3.8) is 0 Å². The highest BCUT2D eigenvalue weighted by Crippen LogP contribution is 2.20. The number of carbonyl (C=O) groups is 1. The second kappa shape index (κ2) is 6.79. The summed E-state index contributed by atoms with van der Waals surface area (Å²) < 4.78 is 13.1. The van der Waals surface area contributed by atoms with E-state index < -0.39 is 16.4 Å². The van der Waals surface area contributed by atoms with E-state index in [-0.39, 0.29) is 24.1 Å². The van der Waals surface area contributed by atoms with Crippen molar-refractivity contribution in [2.45, 2.75) is 32.2 Å². The van der Waals surface area contributed by atoms with Gasteiger partial charge in [0.05, 0.1) is 16.7 Å². The molecule has 0 aliphatic carbocycles. The van der Waals surface area contributed by atoms with Crippen LogP contribution in [0.5, 0.6) is 0 Å². The summed E-state index contributed by atoms with van der Waals surface area (Å²) in [7, 11) is 0. The third-order valence-corrected chi connectivity index (χ3v) is 2.44. The molecule has 0 aromatic heterocycles. The summed E-state index contributed by atoms with van der Waals surface area (Å²) in [5, 5.41) is 13.0. The van der Waals surface area contributed by atoms with E-state index >= 15 is 0 Å². The molecule has 0 saturated heterocycles. The monoisotopic (exact) mass is 269 g/mol. The maximum absolute atomic E-state index is 13.1. The molecule has 104 valence electrons. The number of anilines is 1. The van der Waals surface area contributed by atoms with Crippen LogP contribution in [0.1, 0.15) is 26.2 Å². The lowest BCUT2D eigenvalue weighted by molar-refractivity contribution is -0.385. The van der Waals surface area contributed by atoms with Crippen LogP contribution < -0.4 is 11.1 Å². The molecule has 0 radical (unpaired) electrons. The number of benzene rings is 1. The normalized spacial score (nSPS) is 11.9. The lowest BCUT2D eigenvalue weighted by Gasteiger charge is -2.06. The largest absolute Gasteiger partial charge is 0.328 e. The number of halogens is 1. The van der Waals surface area contributed by atoms with Crippen molar-refractivity contribution in [2.75, 3.05) is 5.32 Å². The molecule has 3 N–H and O–H groups in total. The Bertz CT molecular complexity index is 477. The molecule has 0 heterocycles. The summed E-state index contributed by atoms with van der Waals surface area (Å²) >= 11 is 0. The van der Waals surface area contributed by atoms with Gasteiger partial charge in [0.1, 0.15) is 5.82 Å².